The van der Waals surface area contributed by atoms with E-state index in [1.165, 1.54) is 0 Å². The predicted octanol–water partition coefficient (Wildman–Crippen LogP) is 1.11. The van der Waals surface area contributed by atoms with E-state index in [9.17, 15) is 9.90 Å². The van der Waals surface area contributed by atoms with Gasteiger partial charge in [-0.15, -0.1) is 11.6 Å². The van der Waals surface area contributed by atoms with E-state index in [2.05, 4.69) is 0 Å². The van der Waals surface area contributed by atoms with Gasteiger partial charge in [-0.05, 0) is 12.8 Å². The molecule has 5 heteroatoms. The lowest BCUT2D eigenvalue weighted by Gasteiger charge is -2.42. The van der Waals surface area contributed by atoms with Crippen molar-refractivity contribution in [2.75, 3.05) is 12.5 Å². The van der Waals surface area contributed by atoms with Crippen LogP contribution in [0, 0.1) is 5.41 Å². The molecular formula is C12H21ClO4. The van der Waals surface area contributed by atoms with Crippen molar-refractivity contribution in [3.8, 4) is 0 Å². The van der Waals surface area contributed by atoms with Crippen molar-refractivity contribution in [1.29, 1.82) is 0 Å². The van der Waals surface area contributed by atoms with Crippen molar-refractivity contribution in [3.63, 3.8) is 0 Å². The lowest BCUT2D eigenvalue weighted by atomic mass is 9.75. The summed E-state index contributed by atoms with van der Waals surface area (Å²) in [6.07, 6.45) is -0.212. The lowest BCUT2D eigenvalue weighted by molar-refractivity contribution is -0.176. The molecule has 0 saturated carbocycles. The minimum absolute atomic E-state index is 0.0702. The van der Waals surface area contributed by atoms with Gasteiger partial charge < -0.3 is 14.9 Å². The zero-order valence-electron chi connectivity index (χ0n) is 10.4. The largest absolute Gasteiger partial charge is 0.394 e. The third-order valence-corrected chi connectivity index (χ3v) is 3.73. The predicted molar refractivity (Wildman–Crippen MR) is 65.1 cm³/mol. The van der Waals surface area contributed by atoms with Crippen LogP contribution in [0.1, 0.15) is 33.1 Å². The summed E-state index contributed by atoms with van der Waals surface area (Å²) in [4.78, 5) is 12.0. The molecule has 0 amide bonds. The van der Waals surface area contributed by atoms with Gasteiger partial charge in [-0.2, -0.15) is 0 Å². The molecule has 0 aromatic heterocycles. The molecule has 1 fully saturated rings. The molecule has 0 aliphatic carbocycles. The summed E-state index contributed by atoms with van der Waals surface area (Å²) in [6, 6.07) is 0. The summed E-state index contributed by atoms with van der Waals surface area (Å²) >= 11 is 5.65. The molecule has 17 heavy (non-hydrogen) atoms. The molecule has 1 aliphatic heterocycles. The third-order valence-electron chi connectivity index (χ3n) is 3.47. The van der Waals surface area contributed by atoms with Crippen LogP contribution in [0.2, 0.25) is 0 Å². The number of alkyl halides is 1. The number of rotatable bonds is 5. The highest BCUT2D eigenvalue weighted by molar-refractivity contribution is 6.17. The van der Waals surface area contributed by atoms with Crippen LogP contribution in [0.25, 0.3) is 0 Å². The van der Waals surface area contributed by atoms with E-state index in [4.69, 9.17) is 21.4 Å². The lowest BCUT2D eigenvalue weighted by Crippen LogP contribution is -2.51. The summed E-state index contributed by atoms with van der Waals surface area (Å²) < 4.78 is 5.74. The normalized spacial score (nSPS) is 30.3. The van der Waals surface area contributed by atoms with Crippen LogP contribution >= 0.6 is 11.6 Å². The average Bonchev–Trinajstić information content (AvgIpc) is 2.29. The second-order valence-electron chi connectivity index (χ2n) is 5.09. The van der Waals surface area contributed by atoms with Crippen molar-refractivity contribution in [2.45, 2.75) is 51.4 Å². The van der Waals surface area contributed by atoms with Crippen LogP contribution in [0.3, 0.4) is 0 Å². The van der Waals surface area contributed by atoms with Gasteiger partial charge in [0.2, 0.25) is 0 Å². The highest BCUT2D eigenvalue weighted by Crippen LogP contribution is 2.36. The zero-order chi connectivity index (χ0) is 13.1. The molecular weight excluding hydrogens is 244 g/mol. The molecule has 1 rings (SSSR count). The number of aliphatic hydroxyl groups excluding tert-OH is 2. The fraction of sp³-hybridized carbons (Fsp3) is 0.917. The van der Waals surface area contributed by atoms with Gasteiger partial charge in [-0.1, -0.05) is 13.8 Å². The molecule has 0 bridgehead atoms. The monoisotopic (exact) mass is 264 g/mol. The number of ketones is 1. The fourth-order valence-electron chi connectivity index (χ4n) is 2.09. The van der Waals surface area contributed by atoms with E-state index >= 15 is 0 Å². The van der Waals surface area contributed by atoms with Crippen LogP contribution in [-0.4, -0.2) is 46.8 Å². The van der Waals surface area contributed by atoms with Gasteiger partial charge in [0, 0.05) is 17.7 Å². The zero-order valence-corrected chi connectivity index (χ0v) is 11.1. The highest BCUT2D eigenvalue weighted by atomic mass is 35.5. The molecule has 0 aromatic rings. The van der Waals surface area contributed by atoms with Crippen LogP contribution in [0.15, 0.2) is 0 Å². The van der Waals surface area contributed by atoms with Crippen LogP contribution in [0.4, 0.5) is 0 Å². The van der Waals surface area contributed by atoms with Crippen molar-refractivity contribution in [3.05, 3.63) is 0 Å². The Hall–Kier alpha value is -0.160. The number of aliphatic hydroxyl groups is 2. The maximum absolute atomic E-state index is 12.0. The Morgan fingerprint density at radius 1 is 1.59 bits per heavy atom. The quantitative estimate of drug-likeness (QED) is 0.730. The van der Waals surface area contributed by atoms with Gasteiger partial charge in [-0.25, -0.2) is 0 Å². The summed E-state index contributed by atoms with van der Waals surface area (Å²) in [5.74, 6) is 0.595. The Labute approximate surface area is 107 Å². The Morgan fingerprint density at radius 3 is 2.76 bits per heavy atom. The number of carbonyl (C=O) groups is 1. The van der Waals surface area contributed by atoms with Gasteiger partial charge in [0.05, 0.1) is 18.8 Å². The van der Waals surface area contributed by atoms with E-state index in [1.807, 2.05) is 13.8 Å². The number of halogens is 1. The topological polar surface area (TPSA) is 66.8 Å². The molecule has 0 aromatic carbocycles. The molecule has 0 unspecified atom stereocenters. The van der Waals surface area contributed by atoms with Gasteiger partial charge in [0.25, 0.3) is 0 Å². The standard InChI is InChI=1S/C12H21ClO4/c1-12(2)10(16)6-9(8(15)7-14)17-11(12)4-3-5-13/h8-9,11,14-15H,3-7H2,1-2H3/t8-,9+,11-/m1/s1. The second kappa shape index (κ2) is 6.14. The summed E-state index contributed by atoms with van der Waals surface area (Å²) in [7, 11) is 0. The van der Waals surface area contributed by atoms with Gasteiger partial charge in [0.1, 0.15) is 11.9 Å². The maximum atomic E-state index is 12.0. The van der Waals surface area contributed by atoms with E-state index < -0.39 is 17.6 Å². The molecule has 1 aliphatic rings. The van der Waals surface area contributed by atoms with Crippen LogP contribution in [0.5, 0.6) is 0 Å². The molecule has 4 nitrogen and oxygen atoms in total. The molecule has 1 saturated heterocycles. The average molecular weight is 265 g/mol. The SMILES string of the molecule is CC1(C)C(=O)C[C@@H]([C@H](O)CO)O[C@@H]1CCCCl. The summed E-state index contributed by atoms with van der Waals surface area (Å²) in [5.41, 5.74) is -0.544. The second-order valence-corrected chi connectivity index (χ2v) is 5.47. The first kappa shape index (κ1) is 14.9. The molecule has 0 spiro atoms. The van der Waals surface area contributed by atoms with Crippen LogP contribution < -0.4 is 0 Å². The Bertz CT molecular complexity index is 267. The number of Topliss-reactive ketones (excluding diaryl/α,β-unsaturated/α-hetero) is 1. The van der Waals surface area contributed by atoms with Gasteiger partial charge in [0.15, 0.2) is 0 Å². The van der Waals surface area contributed by atoms with E-state index in [1.54, 1.807) is 0 Å². The summed E-state index contributed by atoms with van der Waals surface area (Å²) in [5, 5.41) is 18.5. The Morgan fingerprint density at radius 2 is 2.24 bits per heavy atom. The minimum atomic E-state index is -0.992. The van der Waals surface area contributed by atoms with Crippen molar-refractivity contribution in [1.82, 2.24) is 0 Å². The number of hydrogen-bond acceptors (Lipinski definition) is 4. The van der Waals surface area contributed by atoms with Crippen LogP contribution in [-0.2, 0) is 9.53 Å². The highest BCUT2D eigenvalue weighted by Gasteiger charge is 2.45. The third kappa shape index (κ3) is 3.41. The van der Waals surface area contributed by atoms with E-state index in [0.29, 0.717) is 12.3 Å². The first-order valence-corrected chi connectivity index (χ1v) is 6.50. The van der Waals surface area contributed by atoms with Gasteiger partial charge >= 0.3 is 0 Å². The van der Waals surface area contributed by atoms with E-state index in [0.717, 1.165) is 6.42 Å². The van der Waals surface area contributed by atoms with Gasteiger partial charge in [-0.3, -0.25) is 4.79 Å². The number of hydrogen-bond donors (Lipinski definition) is 2. The fourth-order valence-corrected chi connectivity index (χ4v) is 2.24. The molecule has 100 valence electrons. The van der Waals surface area contributed by atoms with E-state index in [-0.39, 0.29) is 24.9 Å². The Kier molecular flexibility index (Phi) is 5.38. The smallest absolute Gasteiger partial charge is 0.143 e. The minimum Gasteiger partial charge on any atom is -0.394 e. The first-order chi connectivity index (χ1) is 7.93. The molecule has 0 radical (unpaired) electrons. The first-order valence-electron chi connectivity index (χ1n) is 5.97. The van der Waals surface area contributed by atoms with Crippen molar-refractivity contribution in [2.24, 2.45) is 5.41 Å². The number of ether oxygens (including phenoxy) is 1. The molecule has 3 atom stereocenters. The Balaban J connectivity index is 2.73. The van der Waals surface area contributed by atoms with Crippen molar-refractivity contribution < 1.29 is 19.7 Å². The molecule has 2 N–H and O–H groups in total. The molecule has 1 heterocycles. The maximum Gasteiger partial charge on any atom is 0.143 e. The number of carbonyl (C=O) groups excluding carboxylic acids is 1. The van der Waals surface area contributed by atoms with Crippen molar-refractivity contribution >= 4 is 17.4 Å². The summed E-state index contributed by atoms with van der Waals surface area (Å²) in [6.45, 7) is 3.33.